The Hall–Kier alpha value is -3.96. The van der Waals surface area contributed by atoms with Gasteiger partial charge in [0.05, 0.1) is 0 Å². The third kappa shape index (κ3) is 5.88. The number of carbonyl (C=O) groups is 1. The first-order valence-corrected chi connectivity index (χ1v) is 11.1. The quantitative estimate of drug-likeness (QED) is 0.295. The van der Waals surface area contributed by atoms with E-state index < -0.39 is 11.5 Å². The number of nitrogens with one attached hydrogen (secondary N) is 1. The highest BCUT2D eigenvalue weighted by Crippen LogP contribution is 2.26. The van der Waals surface area contributed by atoms with Crippen molar-refractivity contribution in [2.24, 2.45) is 0 Å². The van der Waals surface area contributed by atoms with Crippen LogP contribution in [-0.2, 0) is 9.53 Å². The number of carbonyl (C=O) groups excluding carboxylic acids is 1. The number of rotatable bonds is 9. The number of pyridine rings is 1. The highest BCUT2D eigenvalue weighted by molar-refractivity contribution is 6.01. The van der Waals surface area contributed by atoms with Gasteiger partial charge in [0.2, 0.25) is 5.88 Å². The van der Waals surface area contributed by atoms with E-state index in [2.05, 4.69) is 10.3 Å². The zero-order valence-corrected chi connectivity index (χ0v) is 19.8. The number of aromatic nitrogens is 2. The molecule has 0 saturated carbocycles. The van der Waals surface area contributed by atoms with Crippen molar-refractivity contribution in [3.63, 3.8) is 0 Å². The Kier molecular flexibility index (Phi) is 8.17. The van der Waals surface area contributed by atoms with Crippen LogP contribution in [-0.4, -0.2) is 35.1 Å². The topological polar surface area (TPSA) is 106 Å². The van der Waals surface area contributed by atoms with Gasteiger partial charge >= 0.3 is 0 Å². The third-order valence-electron chi connectivity index (χ3n) is 5.07. The third-order valence-corrected chi connectivity index (χ3v) is 5.07. The van der Waals surface area contributed by atoms with E-state index >= 15 is 0 Å². The molecule has 0 aliphatic carbocycles. The highest BCUT2D eigenvalue weighted by Gasteiger charge is 2.18. The molecule has 0 aliphatic heterocycles. The van der Waals surface area contributed by atoms with Crippen molar-refractivity contribution in [1.29, 1.82) is 5.26 Å². The molecular weight excluding hydrogens is 432 g/mol. The Morgan fingerprint density at radius 1 is 1.24 bits per heavy atom. The van der Waals surface area contributed by atoms with E-state index in [4.69, 9.17) is 9.47 Å². The number of hydrogen-bond donors (Lipinski definition) is 1. The normalized spacial score (nSPS) is 11.3. The van der Waals surface area contributed by atoms with E-state index in [0.29, 0.717) is 37.6 Å². The number of hydrogen-bond acceptors (Lipinski definition) is 6. The summed E-state index contributed by atoms with van der Waals surface area (Å²) in [4.78, 5) is 30.5. The summed E-state index contributed by atoms with van der Waals surface area (Å²) in [5.41, 5.74) is 2.56. The molecule has 0 spiro atoms. The van der Waals surface area contributed by atoms with Gasteiger partial charge in [-0.2, -0.15) is 10.2 Å². The fourth-order valence-corrected chi connectivity index (χ4v) is 3.51. The summed E-state index contributed by atoms with van der Waals surface area (Å²) in [6, 6.07) is 11.1. The molecule has 0 aliphatic rings. The van der Waals surface area contributed by atoms with Gasteiger partial charge in [0.15, 0.2) is 0 Å². The summed E-state index contributed by atoms with van der Waals surface area (Å²) >= 11 is 0. The number of fused-ring (bicyclic) bond motifs is 1. The summed E-state index contributed by atoms with van der Waals surface area (Å²) in [6.07, 6.45) is 3.44. The maximum atomic E-state index is 13.4. The van der Waals surface area contributed by atoms with Gasteiger partial charge in [0.1, 0.15) is 28.6 Å². The number of benzene rings is 1. The molecule has 0 saturated heterocycles. The molecule has 8 nitrogen and oxygen atoms in total. The Balaban J connectivity index is 2.06. The molecule has 2 heterocycles. The highest BCUT2D eigenvalue weighted by atomic mass is 16.5. The lowest BCUT2D eigenvalue weighted by atomic mass is 10.1. The molecule has 1 aromatic carbocycles. The zero-order chi connectivity index (χ0) is 24.7. The standard InChI is InChI=1S/C26H28N4O4/c1-5-33-11-7-9-28-24(31)20(16-27)15-22-25(34-21-13-17(2)12-18(3)14-21)29-23-19(4)8-6-10-30(23)26(22)32/h6,8,10,12-15H,5,7,9,11H2,1-4H3,(H,28,31). The van der Waals surface area contributed by atoms with Crippen LogP contribution in [0.5, 0.6) is 11.6 Å². The van der Waals surface area contributed by atoms with Crippen molar-refractivity contribution in [3.8, 4) is 17.7 Å². The second-order valence-corrected chi connectivity index (χ2v) is 7.92. The molecule has 176 valence electrons. The number of nitrogens with zero attached hydrogens (tertiary/aromatic N) is 3. The summed E-state index contributed by atoms with van der Waals surface area (Å²) in [7, 11) is 0. The lowest BCUT2D eigenvalue weighted by molar-refractivity contribution is -0.117. The van der Waals surface area contributed by atoms with Crippen LogP contribution in [0.1, 0.15) is 35.6 Å². The van der Waals surface area contributed by atoms with E-state index in [9.17, 15) is 14.9 Å². The molecule has 3 rings (SSSR count). The molecule has 1 N–H and O–H groups in total. The van der Waals surface area contributed by atoms with Crippen molar-refractivity contribution < 1.29 is 14.3 Å². The first-order chi connectivity index (χ1) is 16.3. The minimum atomic E-state index is -0.579. The molecule has 0 unspecified atom stereocenters. The van der Waals surface area contributed by atoms with Crippen LogP contribution in [0.2, 0.25) is 0 Å². The number of ether oxygens (including phenoxy) is 2. The minimum absolute atomic E-state index is 0.0169. The zero-order valence-electron chi connectivity index (χ0n) is 19.8. The molecule has 1 amide bonds. The van der Waals surface area contributed by atoms with Gasteiger partial charge < -0.3 is 14.8 Å². The lowest BCUT2D eigenvalue weighted by Gasteiger charge is -2.12. The Bertz CT molecular complexity index is 1310. The summed E-state index contributed by atoms with van der Waals surface area (Å²) < 4.78 is 12.7. The summed E-state index contributed by atoms with van der Waals surface area (Å²) in [5, 5.41) is 12.3. The van der Waals surface area contributed by atoms with E-state index in [-0.39, 0.29) is 17.0 Å². The fraction of sp³-hybridized carbons (Fsp3) is 0.308. The van der Waals surface area contributed by atoms with Gasteiger partial charge in [-0.1, -0.05) is 12.1 Å². The number of nitriles is 1. The summed E-state index contributed by atoms with van der Waals surface area (Å²) in [6.45, 7) is 9.07. The van der Waals surface area contributed by atoms with Gasteiger partial charge in [-0.3, -0.25) is 14.0 Å². The predicted molar refractivity (Wildman–Crippen MR) is 130 cm³/mol. The van der Waals surface area contributed by atoms with Crippen LogP contribution < -0.4 is 15.6 Å². The first-order valence-electron chi connectivity index (χ1n) is 11.1. The van der Waals surface area contributed by atoms with Crippen molar-refractivity contribution in [2.45, 2.75) is 34.1 Å². The van der Waals surface area contributed by atoms with E-state index in [1.807, 2.05) is 58.0 Å². The molecule has 34 heavy (non-hydrogen) atoms. The average Bonchev–Trinajstić information content (AvgIpc) is 2.79. The monoisotopic (exact) mass is 460 g/mol. The Morgan fingerprint density at radius 3 is 2.65 bits per heavy atom. The smallest absolute Gasteiger partial charge is 0.269 e. The molecule has 2 aromatic heterocycles. The van der Waals surface area contributed by atoms with Crippen LogP contribution in [0.15, 0.2) is 46.9 Å². The van der Waals surface area contributed by atoms with Crippen LogP contribution in [0.25, 0.3) is 11.7 Å². The fourth-order valence-electron chi connectivity index (χ4n) is 3.51. The molecule has 0 atom stereocenters. The largest absolute Gasteiger partial charge is 0.438 e. The minimum Gasteiger partial charge on any atom is -0.438 e. The molecule has 8 heteroatoms. The Morgan fingerprint density at radius 2 is 1.97 bits per heavy atom. The van der Waals surface area contributed by atoms with E-state index in [0.717, 1.165) is 16.7 Å². The van der Waals surface area contributed by atoms with Gasteiger partial charge in [-0.05, 0) is 75.1 Å². The molecular formula is C26H28N4O4. The molecule has 3 aromatic rings. The van der Waals surface area contributed by atoms with Gasteiger partial charge in [-0.25, -0.2) is 0 Å². The summed E-state index contributed by atoms with van der Waals surface area (Å²) in [5.74, 6) is -0.0397. The van der Waals surface area contributed by atoms with Crippen LogP contribution >= 0.6 is 0 Å². The van der Waals surface area contributed by atoms with Gasteiger partial charge in [0, 0.05) is 26.0 Å². The van der Waals surface area contributed by atoms with Crippen molar-refractivity contribution in [1.82, 2.24) is 14.7 Å². The van der Waals surface area contributed by atoms with Gasteiger partial charge in [0.25, 0.3) is 11.5 Å². The van der Waals surface area contributed by atoms with E-state index in [1.165, 1.54) is 10.5 Å². The number of amides is 1. The van der Waals surface area contributed by atoms with Crippen LogP contribution in [0.4, 0.5) is 0 Å². The second-order valence-electron chi connectivity index (χ2n) is 7.92. The maximum absolute atomic E-state index is 13.4. The molecule has 0 radical (unpaired) electrons. The molecule has 0 bridgehead atoms. The number of aryl methyl sites for hydroxylation is 3. The van der Waals surface area contributed by atoms with E-state index in [1.54, 1.807) is 12.3 Å². The average molecular weight is 461 g/mol. The van der Waals surface area contributed by atoms with Crippen molar-refractivity contribution in [2.75, 3.05) is 19.8 Å². The predicted octanol–water partition coefficient (Wildman–Crippen LogP) is 3.86. The molecule has 0 fully saturated rings. The second kappa shape index (κ2) is 11.3. The Labute approximate surface area is 198 Å². The van der Waals surface area contributed by atoms with Crippen LogP contribution in [0.3, 0.4) is 0 Å². The van der Waals surface area contributed by atoms with Crippen molar-refractivity contribution in [3.05, 3.63) is 74.7 Å². The first kappa shape index (κ1) is 24.7. The lowest BCUT2D eigenvalue weighted by Crippen LogP contribution is -2.27. The van der Waals surface area contributed by atoms with Crippen LogP contribution in [0, 0.1) is 32.1 Å². The SMILES string of the molecule is CCOCCCNC(=O)C(C#N)=Cc1c(Oc2cc(C)cc(C)c2)nc2c(C)cccn2c1=O. The van der Waals surface area contributed by atoms with Crippen molar-refractivity contribution >= 4 is 17.6 Å². The maximum Gasteiger partial charge on any atom is 0.269 e. The van der Waals surface area contributed by atoms with Gasteiger partial charge in [-0.15, -0.1) is 0 Å².